The van der Waals surface area contributed by atoms with Crippen LogP contribution in [0.1, 0.15) is 39.7 Å². The molecule has 0 saturated carbocycles. The van der Waals surface area contributed by atoms with Gasteiger partial charge in [-0.1, -0.05) is 35.5 Å². The fourth-order valence-electron chi connectivity index (χ4n) is 4.11. The molecule has 0 saturated heterocycles. The van der Waals surface area contributed by atoms with E-state index in [-0.39, 0.29) is 12.4 Å². The van der Waals surface area contributed by atoms with Crippen LogP contribution in [-0.2, 0) is 16.2 Å². The molecule has 0 radical (unpaired) electrons. The minimum Gasteiger partial charge on any atom is -0.465 e. The number of nitrogens with zero attached hydrogens (tertiary/aromatic N) is 2. The van der Waals surface area contributed by atoms with Gasteiger partial charge in [0, 0.05) is 22.5 Å². The number of aryl methyl sites for hydroxylation is 1. The Morgan fingerprint density at radius 3 is 2.40 bits per heavy atom. The highest BCUT2D eigenvalue weighted by molar-refractivity contribution is 6.01. The molecular weight excluding hydrogens is 443 g/mol. The van der Waals surface area contributed by atoms with E-state index in [1.54, 1.807) is 24.3 Å². The van der Waals surface area contributed by atoms with Gasteiger partial charge < -0.3 is 14.1 Å². The lowest BCUT2D eigenvalue weighted by molar-refractivity contribution is 0.0593. The summed E-state index contributed by atoms with van der Waals surface area (Å²) in [5, 5.41) is 4.34. The summed E-state index contributed by atoms with van der Waals surface area (Å²) >= 11 is 0. The van der Waals surface area contributed by atoms with Crippen molar-refractivity contribution in [2.24, 2.45) is 5.16 Å². The van der Waals surface area contributed by atoms with Gasteiger partial charge in [-0.15, -0.1) is 0 Å². The highest BCUT2D eigenvalue weighted by Crippen LogP contribution is 2.30. The smallest absolute Gasteiger partial charge is 0.338 e. The van der Waals surface area contributed by atoms with E-state index < -0.39 is 5.97 Å². The SMILES string of the molecule is COC(=O)c1ccccc1CO/N=C(\C)c1cc(-c2ccc(F)cc2)n(-c2cccc(C)c2)c1C. The van der Waals surface area contributed by atoms with Gasteiger partial charge in [-0.25, -0.2) is 9.18 Å². The first-order valence-corrected chi connectivity index (χ1v) is 11.3. The molecule has 3 aromatic carbocycles. The Balaban J connectivity index is 1.70. The van der Waals surface area contributed by atoms with Crippen LogP contribution >= 0.6 is 0 Å². The second kappa shape index (κ2) is 10.4. The van der Waals surface area contributed by atoms with Gasteiger partial charge in [0.05, 0.1) is 24.1 Å². The maximum absolute atomic E-state index is 13.6. The lowest BCUT2D eigenvalue weighted by Crippen LogP contribution is -2.06. The Hall–Kier alpha value is -4.19. The van der Waals surface area contributed by atoms with Crippen molar-refractivity contribution in [2.75, 3.05) is 7.11 Å². The number of esters is 1. The molecule has 0 aliphatic carbocycles. The van der Waals surface area contributed by atoms with Crippen molar-refractivity contribution in [2.45, 2.75) is 27.4 Å². The standard InChI is InChI=1S/C29H27FN2O3/c1-19-8-7-10-25(16-19)32-21(3)27(17-28(32)22-12-14-24(30)15-13-22)20(2)31-35-18-23-9-5-6-11-26(23)29(33)34-4/h5-17H,18H2,1-4H3/b31-20+. The monoisotopic (exact) mass is 470 g/mol. The minimum absolute atomic E-state index is 0.130. The van der Waals surface area contributed by atoms with E-state index in [9.17, 15) is 9.18 Å². The number of carbonyl (C=O) groups is 1. The summed E-state index contributed by atoms with van der Waals surface area (Å²) in [5.41, 5.74) is 7.68. The van der Waals surface area contributed by atoms with Gasteiger partial charge in [0.25, 0.3) is 0 Å². The highest BCUT2D eigenvalue weighted by Gasteiger charge is 2.18. The molecule has 4 rings (SSSR count). The number of benzene rings is 3. The molecule has 0 aliphatic heterocycles. The first-order valence-electron chi connectivity index (χ1n) is 11.3. The number of hydrogen-bond donors (Lipinski definition) is 0. The van der Waals surface area contributed by atoms with Gasteiger partial charge in [-0.05, 0) is 80.4 Å². The fourth-order valence-corrected chi connectivity index (χ4v) is 4.11. The topological polar surface area (TPSA) is 52.8 Å². The predicted molar refractivity (Wildman–Crippen MR) is 135 cm³/mol. The van der Waals surface area contributed by atoms with Crippen LogP contribution < -0.4 is 0 Å². The summed E-state index contributed by atoms with van der Waals surface area (Å²) in [7, 11) is 1.35. The average molecular weight is 471 g/mol. The second-order valence-corrected chi connectivity index (χ2v) is 8.31. The van der Waals surface area contributed by atoms with Crippen LogP contribution in [0.4, 0.5) is 4.39 Å². The zero-order chi connectivity index (χ0) is 24.9. The molecule has 5 nitrogen and oxygen atoms in total. The Kier molecular flexibility index (Phi) is 7.11. The number of rotatable bonds is 7. The summed E-state index contributed by atoms with van der Waals surface area (Å²) in [6.07, 6.45) is 0. The van der Waals surface area contributed by atoms with Gasteiger partial charge in [-0.2, -0.15) is 0 Å². The third-order valence-electron chi connectivity index (χ3n) is 5.88. The molecule has 1 heterocycles. The van der Waals surface area contributed by atoms with Crippen LogP contribution in [0, 0.1) is 19.7 Å². The fraction of sp³-hybridized carbons (Fsp3) is 0.172. The summed E-state index contributed by atoms with van der Waals surface area (Å²) in [4.78, 5) is 17.7. The van der Waals surface area contributed by atoms with Crippen molar-refractivity contribution >= 4 is 11.7 Å². The summed E-state index contributed by atoms with van der Waals surface area (Å²) in [6.45, 7) is 6.08. The second-order valence-electron chi connectivity index (χ2n) is 8.31. The first kappa shape index (κ1) is 24.0. The van der Waals surface area contributed by atoms with Crippen LogP contribution in [0.3, 0.4) is 0 Å². The van der Waals surface area contributed by atoms with Crippen LogP contribution in [-0.4, -0.2) is 23.4 Å². The number of methoxy groups -OCH3 is 1. The summed E-state index contributed by atoms with van der Waals surface area (Å²) in [5.74, 6) is -0.697. The van der Waals surface area contributed by atoms with Crippen molar-refractivity contribution in [3.8, 4) is 16.9 Å². The Morgan fingerprint density at radius 1 is 0.943 bits per heavy atom. The molecule has 0 atom stereocenters. The molecule has 4 aromatic rings. The van der Waals surface area contributed by atoms with Crippen molar-refractivity contribution in [3.05, 3.63) is 113 Å². The van der Waals surface area contributed by atoms with E-state index in [0.717, 1.165) is 33.8 Å². The zero-order valence-corrected chi connectivity index (χ0v) is 20.2. The number of hydrogen-bond acceptors (Lipinski definition) is 4. The van der Waals surface area contributed by atoms with Gasteiger partial charge in [0.1, 0.15) is 12.4 Å². The number of halogens is 1. The van der Waals surface area contributed by atoms with Crippen molar-refractivity contribution in [1.29, 1.82) is 0 Å². The van der Waals surface area contributed by atoms with Crippen LogP contribution in [0.5, 0.6) is 0 Å². The van der Waals surface area contributed by atoms with E-state index in [4.69, 9.17) is 9.57 Å². The molecule has 1 aromatic heterocycles. The average Bonchev–Trinajstić information content (AvgIpc) is 3.21. The van der Waals surface area contributed by atoms with E-state index in [1.807, 2.05) is 57.2 Å². The Morgan fingerprint density at radius 2 is 1.69 bits per heavy atom. The van der Waals surface area contributed by atoms with Gasteiger partial charge in [-0.3, -0.25) is 0 Å². The predicted octanol–water partition coefficient (Wildman–Crippen LogP) is 6.63. The maximum Gasteiger partial charge on any atom is 0.338 e. The van der Waals surface area contributed by atoms with Crippen molar-refractivity contribution < 1.29 is 18.8 Å². The minimum atomic E-state index is -0.417. The number of aromatic nitrogens is 1. The molecular formula is C29H27FN2O3. The Bertz CT molecular complexity index is 1390. The highest BCUT2D eigenvalue weighted by atomic mass is 19.1. The first-order chi connectivity index (χ1) is 16.9. The van der Waals surface area contributed by atoms with Gasteiger partial charge in [0.15, 0.2) is 0 Å². The number of ether oxygens (including phenoxy) is 1. The van der Waals surface area contributed by atoms with Crippen molar-refractivity contribution in [3.63, 3.8) is 0 Å². The Labute approximate surface area is 204 Å². The quantitative estimate of drug-likeness (QED) is 0.173. The molecule has 0 bridgehead atoms. The van der Waals surface area contributed by atoms with Crippen LogP contribution in [0.15, 0.2) is 84.0 Å². The zero-order valence-electron chi connectivity index (χ0n) is 20.2. The molecule has 0 fully saturated rings. The van der Waals surface area contributed by atoms with Crippen molar-refractivity contribution in [1.82, 2.24) is 4.57 Å². The normalized spacial score (nSPS) is 11.4. The third kappa shape index (κ3) is 5.17. The molecule has 178 valence electrons. The lowest BCUT2D eigenvalue weighted by atomic mass is 10.1. The van der Waals surface area contributed by atoms with E-state index in [1.165, 1.54) is 19.2 Å². The molecule has 0 spiro atoms. The van der Waals surface area contributed by atoms with Gasteiger partial charge >= 0.3 is 5.97 Å². The molecule has 35 heavy (non-hydrogen) atoms. The van der Waals surface area contributed by atoms with E-state index in [0.29, 0.717) is 16.8 Å². The number of carbonyl (C=O) groups excluding carboxylic acids is 1. The van der Waals surface area contributed by atoms with Gasteiger partial charge in [0.2, 0.25) is 0 Å². The number of oxime groups is 1. The summed E-state index contributed by atoms with van der Waals surface area (Å²) in [6, 6.07) is 23.8. The third-order valence-corrected chi connectivity index (χ3v) is 5.88. The lowest BCUT2D eigenvalue weighted by Gasteiger charge is -2.13. The molecule has 0 unspecified atom stereocenters. The van der Waals surface area contributed by atoms with E-state index in [2.05, 4.69) is 15.8 Å². The summed E-state index contributed by atoms with van der Waals surface area (Å²) < 4.78 is 20.6. The maximum atomic E-state index is 13.6. The van der Waals surface area contributed by atoms with Crippen LogP contribution in [0.2, 0.25) is 0 Å². The van der Waals surface area contributed by atoms with Crippen LogP contribution in [0.25, 0.3) is 16.9 Å². The molecule has 0 N–H and O–H groups in total. The largest absolute Gasteiger partial charge is 0.465 e. The van der Waals surface area contributed by atoms with E-state index >= 15 is 0 Å². The molecule has 6 heteroatoms. The molecule has 0 amide bonds. The molecule has 0 aliphatic rings.